The molecule has 0 aromatic carbocycles. The Balaban J connectivity index is 2.12. The molecule has 0 bridgehead atoms. The van der Waals surface area contributed by atoms with Gasteiger partial charge in [-0.2, -0.15) is 5.10 Å². The molecule has 2 N–H and O–H groups in total. The normalized spacial score (nSPS) is 10.9. The quantitative estimate of drug-likeness (QED) is 0.805. The maximum atomic E-state index is 5.93. The van der Waals surface area contributed by atoms with Crippen LogP contribution < -0.4 is 5.32 Å². The van der Waals surface area contributed by atoms with Crippen LogP contribution in [0.25, 0.3) is 10.6 Å². The Bertz CT molecular complexity index is 450. The summed E-state index contributed by atoms with van der Waals surface area (Å²) in [7, 11) is 0. The molecule has 0 saturated heterocycles. The van der Waals surface area contributed by atoms with E-state index in [0.29, 0.717) is 0 Å². The standard InChI is InChI=1S/C11H14ClN3S/c1-2-5-13-6-8-7-14-15-11(8)9-3-4-10(12)16-9/h3-4,7,13H,2,5-6H2,1H3,(H,14,15). The molecular formula is C11H14ClN3S. The van der Waals surface area contributed by atoms with Gasteiger partial charge in [0.25, 0.3) is 0 Å². The second-order valence-corrected chi connectivity index (χ2v) is 5.27. The number of H-pyrrole nitrogens is 1. The summed E-state index contributed by atoms with van der Waals surface area (Å²) in [5.41, 5.74) is 2.26. The molecule has 0 aliphatic heterocycles. The van der Waals surface area contributed by atoms with E-state index in [4.69, 9.17) is 11.6 Å². The zero-order valence-corrected chi connectivity index (χ0v) is 10.7. The van der Waals surface area contributed by atoms with Crippen LogP contribution in [0.1, 0.15) is 18.9 Å². The van der Waals surface area contributed by atoms with E-state index >= 15 is 0 Å². The minimum Gasteiger partial charge on any atom is -0.313 e. The molecule has 0 amide bonds. The molecule has 0 unspecified atom stereocenters. The highest BCUT2D eigenvalue weighted by molar-refractivity contribution is 7.19. The lowest BCUT2D eigenvalue weighted by atomic mass is 10.2. The van der Waals surface area contributed by atoms with E-state index in [1.54, 1.807) is 11.3 Å². The number of nitrogens with one attached hydrogen (secondary N) is 2. The first-order valence-electron chi connectivity index (χ1n) is 5.30. The summed E-state index contributed by atoms with van der Waals surface area (Å²) in [6.45, 7) is 4.02. The van der Waals surface area contributed by atoms with Crippen LogP contribution in [0, 0.1) is 0 Å². The number of thiophene rings is 1. The zero-order chi connectivity index (χ0) is 11.4. The Morgan fingerprint density at radius 2 is 2.38 bits per heavy atom. The minimum absolute atomic E-state index is 0.803. The van der Waals surface area contributed by atoms with Crippen LogP contribution in [-0.4, -0.2) is 16.7 Å². The van der Waals surface area contributed by atoms with Crippen LogP contribution >= 0.6 is 22.9 Å². The second-order valence-electron chi connectivity index (χ2n) is 3.55. The zero-order valence-electron chi connectivity index (χ0n) is 9.09. The molecule has 2 aromatic heterocycles. The van der Waals surface area contributed by atoms with Gasteiger partial charge in [-0.3, -0.25) is 5.10 Å². The average Bonchev–Trinajstić information content (AvgIpc) is 2.87. The monoisotopic (exact) mass is 255 g/mol. The number of aromatic amines is 1. The Kier molecular flexibility index (Phi) is 3.98. The maximum absolute atomic E-state index is 5.93. The number of hydrogen-bond donors (Lipinski definition) is 2. The molecule has 0 saturated carbocycles. The first-order chi connectivity index (χ1) is 7.81. The molecular weight excluding hydrogens is 242 g/mol. The third-order valence-electron chi connectivity index (χ3n) is 2.28. The van der Waals surface area contributed by atoms with Gasteiger partial charge in [0, 0.05) is 12.1 Å². The van der Waals surface area contributed by atoms with Gasteiger partial charge >= 0.3 is 0 Å². The summed E-state index contributed by atoms with van der Waals surface area (Å²) in [5, 5.41) is 10.5. The van der Waals surface area contributed by atoms with E-state index in [0.717, 1.165) is 34.4 Å². The molecule has 86 valence electrons. The van der Waals surface area contributed by atoms with Gasteiger partial charge in [0.1, 0.15) is 0 Å². The van der Waals surface area contributed by atoms with E-state index in [-0.39, 0.29) is 0 Å². The van der Waals surface area contributed by atoms with Crippen molar-refractivity contribution in [2.75, 3.05) is 6.54 Å². The van der Waals surface area contributed by atoms with Gasteiger partial charge in [-0.25, -0.2) is 0 Å². The highest BCUT2D eigenvalue weighted by Crippen LogP contribution is 2.31. The van der Waals surface area contributed by atoms with Crippen molar-refractivity contribution in [2.24, 2.45) is 0 Å². The van der Waals surface area contributed by atoms with Gasteiger partial charge in [-0.1, -0.05) is 18.5 Å². The number of aromatic nitrogens is 2. The Morgan fingerprint density at radius 1 is 1.50 bits per heavy atom. The van der Waals surface area contributed by atoms with Gasteiger partial charge in [0.15, 0.2) is 0 Å². The van der Waals surface area contributed by atoms with E-state index in [1.807, 2.05) is 18.3 Å². The van der Waals surface area contributed by atoms with Gasteiger partial charge in [-0.05, 0) is 25.1 Å². The summed E-state index contributed by atoms with van der Waals surface area (Å²) in [4.78, 5) is 1.13. The molecule has 16 heavy (non-hydrogen) atoms. The molecule has 0 fully saturated rings. The van der Waals surface area contributed by atoms with E-state index < -0.39 is 0 Å². The van der Waals surface area contributed by atoms with Gasteiger partial charge in [0.05, 0.1) is 21.1 Å². The average molecular weight is 256 g/mol. The van der Waals surface area contributed by atoms with Crippen molar-refractivity contribution in [1.82, 2.24) is 15.5 Å². The Hall–Kier alpha value is -0.840. The molecule has 3 nitrogen and oxygen atoms in total. The first-order valence-corrected chi connectivity index (χ1v) is 6.49. The van der Waals surface area contributed by atoms with Crippen molar-refractivity contribution < 1.29 is 0 Å². The van der Waals surface area contributed by atoms with Crippen LogP contribution in [0.2, 0.25) is 4.34 Å². The molecule has 2 rings (SSSR count). The van der Waals surface area contributed by atoms with Crippen molar-refractivity contribution in [3.63, 3.8) is 0 Å². The summed E-state index contributed by atoms with van der Waals surface area (Å²) >= 11 is 7.49. The third kappa shape index (κ3) is 2.64. The summed E-state index contributed by atoms with van der Waals surface area (Å²) in [6, 6.07) is 3.93. The van der Waals surface area contributed by atoms with Crippen LogP contribution in [-0.2, 0) is 6.54 Å². The number of nitrogens with zero attached hydrogens (tertiary/aromatic N) is 1. The second kappa shape index (κ2) is 5.48. The fourth-order valence-corrected chi connectivity index (χ4v) is 2.58. The molecule has 0 aliphatic rings. The molecule has 0 radical (unpaired) electrons. The molecule has 0 atom stereocenters. The molecule has 2 heterocycles. The van der Waals surface area contributed by atoms with E-state index in [9.17, 15) is 0 Å². The first kappa shape index (κ1) is 11.6. The largest absolute Gasteiger partial charge is 0.313 e. The topological polar surface area (TPSA) is 40.7 Å². The molecule has 0 spiro atoms. The van der Waals surface area contributed by atoms with Crippen molar-refractivity contribution in [3.8, 4) is 10.6 Å². The molecule has 5 heteroatoms. The molecule has 2 aromatic rings. The smallest absolute Gasteiger partial charge is 0.0935 e. The fourth-order valence-electron chi connectivity index (χ4n) is 1.51. The highest BCUT2D eigenvalue weighted by atomic mass is 35.5. The lowest BCUT2D eigenvalue weighted by molar-refractivity contribution is 0.676. The van der Waals surface area contributed by atoms with Crippen molar-refractivity contribution in [2.45, 2.75) is 19.9 Å². The van der Waals surface area contributed by atoms with Gasteiger partial charge in [-0.15, -0.1) is 11.3 Å². The summed E-state index contributed by atoms with van der Waals surface area (Å²) in [6.07, 6.45) is 3.00. The predicted molar refractivity (Wildman–Crippen MR) is 68.9 cm³/mol. The number of halogens is 1. The van der Waals surface area contributed by atoms with Crippen LogP contribution in [0.3, 0.4) is 0 Å². The third-order valence-corrected chi connectivity index (χ3v) is 3.53. The van der Waals surface area contributed by atoms with Crippen molar-refractivity contribution in [1.29, 1.82) is 0 Å². The van der Waals surface area contributed by atoms with Crippen LogP contribution in [0.4, 0.5) is 0 Å². The summed E-state index contributed by atoms with van der Waals surface area (Å²) in [5.74, 6) is 0. The minimum atomic E-state index is 0.803. The summed E-state index contributed by atoms with van der Waals surface area (Å²) < 4.78 is 0.803. The predicted octanol–water partition coefficient (Wildman–Crippen LogP) is 3.29. The van der Waals surface area contributed by atoms with E-state index in [1.165, 1.54) is 5.56 Å². The van der Waals surface area contributed by atoms with Gasteiger partial charge < -0.3 is 5.32 Å². The SMILES string of the molecule is CCCNCc1cn[nH]c1-c1ccc(Cl)s1. The lowest BCUT2D eigenvalue weighted by Crippen LogP contribution is -2.13. The number of rotatable bonds is 5. The Morgan fingerprint density at radius 3 is 3.06 bits per heavy atom. The van der Waals surface area contributed by atoms with Crippen LogP contribution in [0.15, 0.2) is 18.3 Å². The van der Waals surface area contributed by atoms with E-state index in [2.05, 4.69) is 22.4 Å². The fraction of sp³-hybridized carbons (Fsp3) is 0.364. The van der Waals surface area contributed by atoms with Crippen LogP contribution in [0.5, 0.6) is 0 Å². The lowest BCUT2D eigenvalue weighted by Gasteiger charge is -2.02. The van der Waals surface area contributed by atoms with Crippen molar-refractivity contribution >= 4 is 22.9 Å². The van der Waals surface area contributed by atoms with Gasteiger partial charge in [0.2, 0.25) is 0 Å². The molecule has 0 aliphatic carbocycles. The maximum Gasteiger partial charge on any atom is 0.0935 e. The Labute approximate surface area is 104 Å². The number of hydrogen-bond acceptors (Lipinski definition) is 3. The highest BCUT2D eigenvalue weighted by Gasteiger charge is 2.09. The van der Waals surface area contributed by atoms with Crippen molar-refractivity contribution in [3.05, 3.63) is 28.2 Å².